The van der Waals surface area contributed by atoms with E-state index in [1.165, 1.54) is 15.4 Å². The van der Waals surface area contributed by atoms with Gasteiger partial charge in [0.15, 0.2) is 0 Å². The van der Waals surface area contributed by atoms with Crippen molar-refractivity contribution in [2.24, 2.45) is 0 Å². The third-order valence-corrected chi connectivity index (χ3v) is 9.79. The number of anilines is 1. The van der Waals surface area contributed by atoms with Crippen LogP contribution in [0.25, 0.3) is 11.5 Å². The van der Waals surface area contributed by atoms with E-state index >= 15 is 0 Å². The molecule has 0 aliphatic carbocycles. The van der Waals surface area contributed by atoms with E-state index in [9.17, 15) is 13.7 Å². The van der Waals surface area contributed by atoms with E-state index in [1.54, 1.807) is 31.3 Å². The van der Waals surface area contributed by atoms with Gasteiger partial charge in [0.05, 0.1) is 10.9 Å². The molecule has 1 saturated heterocycles. The molecule has 0 atom stereocenters. The maximum absolute atomic E-state index is 13.2. The van der Waals surface area contributed by atoms with Crippen LogP contribution in [0.3, 0.4) is 0 Å². The lowest BCUT2D eigenvalue weighted by Crippen LogP contribution is -2.48. The molecular weight excluding hydrogens is 570 g/mol. The highest BCUT2D eigenvalue weighted by Gasteiger charge is 2.30. The minimum atomic E-state index is -3.70. The summed E-state index contributed by atoms with van der Waals surface area (Å²) in [7, 11) is -2.13. The van der Waals surface area contributed by atoms with Gasteiger partial charge < -0.3 is 9.32 Å². The number of nitrogens with zero attached hydrogens (tertiary/aromatic N) is 5. The fraction of sp³-hybridized carbons (Fsp3) is 0.200. The zero-order valence-electron chi connectivity index (χ0n) is 24.5. The Morgan fingerprint density at radius 3 is 1.91 bits per heavy atom. The summed E-state index contributed by atoms with van der Waals surface area (Å²) in [4.78, 5) is 9.16. The highest BCUT2D eigenvalue weighted by atomic mass is 32.2. The van der Waals surface area contributed by atoms with Crippen molar-refractivity contribution < 1.29 is 12.8 Å². The summed E-state index contributed by atoms with van der Waals surface area (Å²) in [5, 5.41) is 9.89. The molecule has 2 heterocycles. The van der Waals surface area contributed by atoms with Gasteiger partial charge in [0.1, 0.15) is 6.07 Å². The van der Waals surface area contributed by atoms with Crippen LogP contribution in [-0.2, 0) is 16.6 Å². The third kappa shape index (κ3) is 6.15. The lowest BCUT2D eigenvalue weighted by atomic mass is 9.96. The fourth-order valence-electron chi connectivity index (χ4n) is 5.67. The Morgan fingerprint density at radius 1 is 0.818 bits per heavy atom. The van der Waals surface area contributed by atoms with Gasteiger partial charge in [-0.2, -0.15) is 14.6 Å². The fourth-order valence-corrected chi connectivity index (χ4v) is 6.82. The highest BCUT2D eigenvalue weighted by molar-refractivity contribution is 7.89. The highest BCUT2D eigenvalue weighted by Crippen LogP contribution is 2.33. The molecule has 0 spiro atoms. The first-order valence-electron chi connectivity index (χ1n) is 14.5. The summed E-state index contributed by atoms with van der Waals surface area (Å²) in [5.41, 5.74) is 4.20. The van der Waals surface area contributed by atoms with Crippen LogP contribution in [0.15, 0.2) is 125 Å². The monoisotopic (exact) mass is 603 g/mol. The van der Waals surface area contributed by atoms with Crippen LogP contribution in [0.4, 0.5) is 5.88 Å². The second-order valence-electron chi connectivity index (χ2n) is 10.8. The van der Waals surface area contributed by atoms with E-state index in [2.05, 4.69) is 69.4 Å². The van der Waals surface area contributed by atoms with Crippen LogP contribution in [0, 0.1) is 11.3 Å². The van der Waals surface area contributed by atoms with Gasteiger partial charge in [-0.1, -0.05) is 91.0 Å². The molecule has 0 saturated carbocycles. The lowest BCUT2D eigenvalue weighted by Gasteiger charge is -2.39. The van der Waals surface area contributed by atoms with Crippen molar-refractivity contribution in [1.82, 2.24) is 14.2 Å². The van der Waals surface area contributed by atoms with Crippen molar-refractivity contribution in [2.45, 2.75) is 17.5 Å². The number of sulfonamides is 1. The summed E-state index contributed by atoms with van der Waals surface area (Å²) in [6.45, 7) is 3.16. The molecule has 44 heavy (non-hydrogen) atoms. The average Bonchev–Trinajstić information content (AvgIpc) is 3.51. The van der Waals surface area contributed by atoms with Crippen LogP contribution in [0.5, 0.6) is 0 Å². The first-order valence-corrected chi connectivity index (χ1v) is 16.0. The van der Waals surface area contributed by atoms with Gasteiger partial charge >= 0.3 is 0 Å². The number of aromatic nitrogens is 1. The van der Waals surface area contributed by atoms with Crippen LogP contribution >= 0.6 is 0 Å². The van der Waals surface area contributed by atoms with Crippen molar-refractivity contribution >= 4 is 15.9 Å². The van der Waals surface area contributed by atoms with Crippen molar-refractivity contribution in [3.63, 3.8) is 0 Å². The molecule has 0 amide bonds. The zero-order chi connectivity index (χ0) is 30.5. The smallest absolute Gasteiger partial charge is 0.243 e. The SMILES string of the molecule is CN(Cc1ccccc1)S(=O)(=O)c1ccc(-c2nc(C#N)c(N3CCN(C(c4ccccc4)c4ccccc4)CC3)o2)cc1. The second kappa shape index (κ2) is 12.9. The van der Waals surface area contributed by atoms with Gasteiger partial charge in [0.25, 0.3) is 0 Å². The molecule has 0 bridgehead atoms. The first kappa shape index (κ1) is 29.3. The third-order valence-electron chi connectivity index (χ3n) is 7.97. The van der Waals surface area contributed by atoms with Gasteiger partial charge in [-0.25, -0.2) is 8.42 Å². The van der Waals surface area contributed by atoms with Crippen molar-refractivity contribution in [3.8, 4) is 17.5 Å². The quantitative estimate of drug-likeness (QED) is 0.206. The van der Waals surface area contributed by atoms with E-state index in [1.807, 2.05) is 42.5 Å². The summed E-state index contributed by atoms with van der Waals surface area (Å²) in [6, 6.07) is 39.2. The minimum absolute atomic E-state index is 0.127. The van der Waals surface area contributed by atoms with Crippen LogP contribution in [-0.4, -0.2) is 55.8 Å². The molecule has 0 unspecified atom stereocenters. The van der Waals surface area contributed by atoms with E-state index < -0.39 is 10.0 Å². The molecule has 1 aliphatic heterocycles. The second-order valence-corrected chi connectivity index (χ2v) is 12.8. The number of oxazole rings is 1. The Hall–Kier alpha value is -4.75. The predicted octanol–water partition coefficient (Wildman–Crippen LogP) is 5.95. The van der Waals surface area contributed by atoms with E-state index in [0.717, 1.165) is 18.7 Å². The molecule has 222 valence electrons. The molecule has 1 aromatic heterocycles. The van der Waals surface area contributed by atoms with Crippen molar-refractivity contribution in [1.29, 1.82) is 5.26 Å². The Labute approximate surface area is 258 Å². The number of rotatable bonds is 9. The Morgan fingerprint density at radius 2 is 1.36 bits per heavy atom. The van der Waals surface area contributed by atoms with E-state index in [0.29, 0.717) is 24.5 Å². The number of piperazine rings is 1. The molecule has 0 N–H and O–H groups in total. The topological polar surface area (TPSA) is 93.7 Å². The lowest BCUT2D eigenvalue weighted by molar-refractivity contribution is 0.209. The molecule has 0 radical (unpaired) electrons. The molecule has 9 heteroatoms. The van der Waals surface area contributed by atoms with E-state index in [4.69, 9.17) is 4.42 Å². The van der Waals surface area contributed by atoms with Gasteiger partial charge in [-0.05, 0) is 41.0 Å². The molecule has 8 nitrogen and oxygen atoms in total. The van der Waals surface area contributed by atoms with Crippen LogP contribution in [0.1, 0.15) is 28.4 Å². The minimum Gasteiger partial charge on any atom is -0.419 e. The summed E-state index contributed by atoms with van der Waals surface area (Å²) in [5.74, 6) is 0.726. The summed E-state index contributed by atoms with van der Waals surface area (Å²) >= 11 is 0. The average molecular weight is 604 g/mol. The Balaban J connectivity index is 1.17. The summed E-state index contributed by atoms with van der Waals surface area (Å²) in [6.07, 6.45) is 0. The molecular formula is C35H33N5O3S. The van der Waals surface area contributed by atoms with E-state index in [-0.39, 0.29) is 29.1 Å². The normalized spacial score (nSPS) is 14.2. The number of hydrogen-bond acceptors (Lipinski definition) is 7. The van der Waals surface area contributed by atoms with Gasteiger partial charge in [0, 0.05) is 45.3 Å². The Bertz CT molecular complexity index is 1790. The molecule has 1 fully saturated rings. The molecule has 1 aliphatic rings. The van der Waals surface area contributed by atoms with Crippen LogP contribution in [0.2, 0.25) is 0 Å². The van der Waals surface area contributed by atoms with Crippen molar-refractivity contribution in [2.75, 3.05) is 38.1 Å². The molecule has 5 aromatic rings. The first-order chi connectivity index (χ1) is 21.4. The largest absolute Gasteiger partial charge is 0.419 e. The van der Waals surface area contributed by atoms with Gasteiger partial charge in [-0.3, -0.25) is 4.90 Å². The van der Waals surface area contributed by atoms with Crippen molar-refractivity contribution in [3.05, 3.63) is 138 Å². The molecule has 4 aromatic carbocycles. The molecule has 6 rings (SSSR count). The van der Waals surface area contributed by atoms with Gasteiger partial charge in [0.2, 0.25) is 27.5 Å². The summed E-state index contributed by atoms with van der Waals surface area (Å²) < 4.78 is 33.9. The maximum atomic E-state index is 13.2. The standard InChI is InChI=1S/C35H33N5O3S/c1-38(26-27-11-5-2-6-12-27)44(41,42)31-19-17-30(18-20-31)34-37-32(25-36)35(43-34)40-23-21-39(22-24-40)33(28-13-7-3-8-14-28)29-15-9-4-10-16-29/h2-20,33H,21-24,26H2,1H3. The number of hydrogen-bond donors (Lipinski definition) is 0. The Kier molecular flexibility index (Phi) is 8.57. The number of nitriles is 1. The number of benzene rings is 4. The zero-order valence-corrected chi connectivity index (χ0v) is 25.3. The van der Waals surface area contributed by atoms with Crippen LogP contribution < -0.4 is 4.90 Å². The van der Waals surface area contributed by atoms with Gasteiger partial charge in [-0.15, -0.1) is 0 Å². The predicted molar refractivity (Wildman–Crippen MR) is 170 cm³/mol. The maximum Gasteiger partial charge on any atom is 0.243 e.